The molecule has 3 rings (SSSR count). The van der Waals surface area contributed by atoms with Crippen molar-refractivity contribution in [3.63, 3.8) is 0 Å². The first-order chi connectivity index (χ1) is 10.9. The Morgan fingerprint density at radius 2 is 2.09 bits per heavy atom. The third-order valence-corrected chi connectivity index (χ3v) is 5.79. The van der Waals surface area contributed by atoms with E-state index in [0.717, 1.165) is 6.54 Å². The lowest BCUT2D eigenvalue weighted by atomic mass is 10.1. The predicted molar refractivity (Wildman–Crippen MR) is 86.8 cm³/mol. The number of nitrogens with zero attached hydrogens (tertiary/aromatic N) is 2. The van der Waals surface area contributed by atoms with Gasteiger partial charge in [0.05, 0.1) is 4.90 Å². The van der Waals surface area contributed by atoms with E-state index in [4.69, 9.17) is 0 Å². The van der Waals surface area contributed by atoms with Crippen LogP contribution in [0.3, 0.4) is 0 Å². The van der Waals surface area contributed by atoms with Crippen LogP contribution in [-0.4, -0.2) is 56.8 Å². The molecule has 1 fully saturated rings. The topological polar surface area (TPSA) is 90.9 Å². The molecule has 2 heterocycles. The minimum absolute atomic E-state index is 0.0662. The van der Waals surface area contributed by atoms with Crippen molar-refractivity contribution in [1.29, 1.82) is 0 Å². The summed E-state index contributed by atoms with van der Waals surface area (Å²) < 4.78 is 26.4. The molecular formula is C15H20N4O3S. The van der Waals surface area contributed by atoms with E-state index in [1.807, 2.05) is 13.8 Å². The molecule has 0 bridgehead atoms. The van der Waals surface area contributed by atoms with E-state index in [1.54, 1.807) is 23.1 Å². The first-order valence-corrected chi connectivity index (χ1v) is 9.08. The van der Waals surface area contributed by atoms with Gasteiger partial charge < -0.3 is 10.2 Å². The molecule has 1 aromatic rings. The van der Waals surface area contributed by atoms with Gasteiger partial charge in [-0.3, -0.25) is 14.5 Å². The molecule has 2 aliphatic rings. The van der Waals surface area contributed by atoms with Crippen LogP contribution < -0.4 is 10.0 Å². The van der Waals surface area contributed by atoms with E-state index in [9.17, 15) is 13.2 Å². The molecule has 124 valence electrons. The molecule has 2 atom stereocenters. The first-order valence-electron chi connectivity index (χ1n) is 7.59. The van der Waals surface area contributed by atoms with Crippen molar-refractivity contribution >= 4 is 21.8 Å². The highest BCUT2D eigenvalue weighted by atomic mass is 32.2. The standard InChI is InChI=1S/C15H20N4O3S/c1-10-11(2)19(8-7-16-10)14(20)9-17-15-12-5-3-4-6-13(12)23(21,22)18-15/h3-6,10-11,16H,7-9H2,1-2H3,(H,17,18). The lowest BCUT2D eigenvalue weighted by Gasteiger charge is -2.38. The third-order valence-electron chi connectivity index (χ3n) is 4.39. The predicted octanol–water partition coefficient (Wildman–Crippen LogP) is -0.0661. The average molecular weight is 336 g/mol. The first kappa shape index (κ1) is 15.9. The second kappa shape index (κ2) is 5.93. The van der Waals surface area contributed by atoms with Crippen LogP contribution in [0, 0.1) is 0 Å². The average Bonchev–Trinajstić information content (AvgIpc) is 2.79. The summed E-state index contributed by atoms with van der Waals surface area (Å²) in [5.41, 5.74) is 0.516. The molecule has 23 heavy (non-hydrogen) atoms. The summed E-state index contributed by atoms with van der Waals surface area (Å²) in [5, 5.41) is 3.32. The Kier molecular flexibility index (Phi) is 4.11. The van der Waals surface area contributed by atoms with E-state index in [2.05, 4.69) is 15.0 Å². The Labute approximate surface area is 135 Å². The maximum absolute atomic E-state index is 12.4. The van der Waals surface area contributed by atoms with Gasteiger partial charge in [-0.1, -0.05) is 12.1 Å². The van der Waals surface area contributed by atoms with Crippen LogP contribution in [0.2, 0.25) is 0 Å². The van der Waals surface area contributed by atoms with Crippen molar-refractivity contribution in [3.05, 3.63) is 29.8 Å². The molecule has 0 aliphatic carbocycles. The summed E-state index contributed by atoms with van der Waals surface area (Å²) >= 11 is 0. The van der Waals surface area contributed by atoms with Crippen LogP contribution in [-0.2, 0) is 14.8 Å². The Morgan fingerprint density at radius 3 is 2.87 bits per heavy atom. The van der Waals surface area contributed by atoms with E-state index >= 15 is 0 Å². The molecule has 7 nitrogen and oxygen atoms in total. The van der Waals surface area contributed by atoms with Crippen molar-refractivity contribution in [1.82, 2.24) is 14.9 Å². The van der Waals surface area contributed by atoms with Crippen LogP contribution in [0.25, 0.3) is 0 Å². The second-order valence-electron chi connectivity index (χ2n) is 5.84. The van der Waals surface area contributed by atoms with Crippen molar-refractivity contribution < 1.29 is 13.2 Å². The minimum atomic E-state index is -3.56. The summed E-state index contributed by atoms with van der Waals surface area (Å²) in [6.07, 6.45) is 0. The summed E-state index contributed by atoms with van der Waals surface area (Å²) in [7, 11) is -3.56. The lowest BCUT2D eigenvalue weighted by molar-refractivity contribution is -0.133. The highest BCUT2D eigenvalue weighted by Gasteiger charge is 2.31. The van der Waals surface area contributed by atoms with Crippen LogP contribution >= 0.6 is 0 Å². The highest BCUT2D eigenvalue weighted by Crippen LogP contribution is 2.22. The number of hydrogen-bond acceptors (Lipinski definition) is 5. The largest absolute Gasteiger partial charge is 0.336 e. The van der Waals surface area contributed by atoms with Gasteiger partial charge in [-0.2, -0.15) is 0 Å². The second-order valence-corrected chi connectivity index (χ2v) is 7.49. The van der Waals surface area contributed by atoms with Crippen LogP contribution in [0.5, 0.6) is 0 Å². The Hall–Kier alpha value is -1.93. The number of benzene rings is 1. The van der Waals surface area contributed by atoms with Gasteiger partial charge >= 0.3 is 0 Å². The van der Waals surface area contributed by atoms with Crippen molar-refractivity contribution in [2.24, 2.45) is 4.99 Å². The number of fused-ring (bicyclic) bond motifs is 1. The molecule has 2 N–H and O–H groups in total. The number of carbonyl (C=O) groups is 1. The number of piperazine rings is 1. The molecule has 8 heteroatoms. The van der Waals surface area contributed by atoms with Crippen molar-refractivity contribution in [2.45, 2.75) is 30.8 Å². The molecule has 0 radical (unpaired) electrons. The zero-order valence-electron chi connectivity index (χ0n) is 13.1. The van der Waals surface area contributed by atoms with E-state index in [1.165, 1.54) is 6.07 Å². The quantitative estimate of drug-likeness (QED) is 0.791. The molecule has 2 unspecified atom stereocenters. The molecule has 0 aromatic heterocycles. The van der Waals surface area contributed by atoms with Gasteiger partial charge in [0.25, 0.3) is 10.0 Å². The fraction of sp³-hybridized carbons (Fsp3) is 0.467. The smallest absolute Gasteiger partial charge is 0.263 e. The SMILES string of the molecule is CC1NCCN(C(=O)CN=C2NS(=O)(=O)c3ccccc32)C1C. The van der Waals surface area contributed by atoms with Crippen molar-refractivity contribution in [2.75, 3.05) is 19.6 Å². The molecule has 0 spiro atoms. The van der Waals surface area contributed by atoms with Gasteiger partial charge in [0.1, 0.15) is 12.4 Å². The fourth-order valence-corrected chi connectivity index (χ4v) is 4.15. The number of sulfonamides is 1. The van der Waals surface area contributed by atoms with Gasteiger partial charge in [-0.05, 0) is 26.0 Å². The Morgan fingerprint density at radius 1 is 1.35 bits per heavy atom. The number of rotatable bonds is 2. The Bertz CT molecular complexity index is 760. The van der Waals surface area contributed by atoms with Crippen LogP contribution in [0.4, 0.5) is 0 Å². The molecule has 1 saturated heterocycles. The zero-order valence-corrected chi connectivity index (χ0v) is 13.9. The van der Waals surface area contributed by atoms with Gasteiger partial charge in [-0.15, -0.1) is 0 Å². The lowest BCUT2D eigenvalue weighted by Crippen LogP contribution is -2.57. The highest BCUT2D eigenvalue weighted by molar-refractivity contribution is 7.90. The third kappa shape index (κ3) is 2.96. The van der Waals surface area contributed by atoms with E-state index in [0.29, 0.717) is 12.1 Å². The molecule has 1 amide bonds. The van der Waals surface area contributed by atoms with Crippen LogP contribution in [0.1, 0.15) is 19.4 Å². The maximum Gasteiger partial charge on any atom is 0.263 e. The molecule has 1 aromatic carbocycles. The monoisotopic (exact) mass is 336 g/mol. The summed E-state index contributed by atoms with van der Waals surface area (Å²) in [6, 6.07) is 6.94. The number of amidine groups is 1. The molecular weight excluding hydrogens is 316 g/mol. The number of hydrogen-bond donors (Lipinski definition) is 2. The maximum atomic E-state index is 12.4. The fourth-order valence-electron chi connectivity index (χ4n) is 2.90. The molecule has 0 saturated carbocycles. The summed E-state index contributed by atoms with van der Waals surface area (Å²) in [4.78, 5) is 18.6. The number of amides is 1. The normalized spacial score (nSPS) is 27.6. The van der Waals surface area contributed by atoms with Gasteiger partial charge in [-0.25, -0.2) is 8.42 Å². The van der Waals surface area contributed by atoms with Gasteiger partial charge in [0, 0.05) is 30.7 Å². The summed E-state index contributed by atoms with van der Waals surface area (Å²) in [6.45, 7) is 5.36. The Balaban J connectivity index is 1.78. The van der Waals surface area contributed by atoms with Gasteiger partial charge in [0.15, 0.2) is 0 Å². The van der Waals surface area contributed by atoms with E-state index < -0.39 is 10.0 Å². The summed E-state index contributed by atoms with van der Waals surface area (Å²) in [5.74, 6) is 0.145. The van der Waals surface area contributed by atoms with Gasteiger partial charge in [0.2, 0.25) is 5.91 Å². The number of carbonyl (C=O) groups excluding carboxylic acids is 1. The van der Waals surface area contributed by atoms with Crippen LogP contribution in [0.15, 0.2) is 34.2 Å². The minimum Gasteiger partial charge on any atom is -0.336 e. The van der Waals surface area contributed by atoms with E-state index in [-0.39, 0.29) is 35.3 Å². The number of aliphatic imine (C=N–C) groups is 1. The molecule has 2 aliphatic heterocycles. The van der Waals surface area contributed by atoms with Crippen molar-refractivity contribution in [3.8, 4) is 0 Å². The zero-order chi connectivity index (χ0) is 16.6. The number of nitrogens with one attached hydrogen (secondary N) is 2.